The Balaban J connectivity index is 1.93. The van der Waals surface area contributed by atoms with Gasteiger partial charge in [0.15, 0.2) is 0 Å². The maximum absolute atomic E-state index is 12.2. The predicted octanol–water partition coefficient (Wildman–Crippen LogP) is 0.127. The van der Waals surface area contributed by atoms with E-state index >= 15 is 0 Å². The Kier molecular flexibility index (Phi) is 4.51. The van der Waals surface area contributed by atoms with Crippen LogP contribution in [0.3, 0.4) is 0 Å². The molecule has 1 saturated heterocycles. The summed E-state index contributed by atoms with van der Waals surface area (Å²) in [6.07, 6.45) is 3.22. The zero-order valence-corrected chi connectivity index (χ0v) is 12.5. The third-order valence-electron chi connectivity index (χ3n) is 4.43. The first-order valence-corrected chi connectivity index (χ1v) is 7.49. The zero-order chi connectivity index (χ0) is 15.6. The molecule has 1 heterocycles. The number of hydrogen-bond donors (Lipinski definition) is 3. The number of carbonyl (C=O) groups is 3. The van der Waals surface area contributed by atoms with Gasteiger partial charge in [0, 0.05) is 0 Å². The third kappa shape index (κ3) is 3.18. The summed E-state index contributed by atoms with van der Waals surface area (Å²) in [4.78, 5) is 36.9. The van der Waals surface area contributed by atoms with Crippen LogP contribution in [-0.2, 0) is 9.59 Å². The van der Waals surface area contributed by atoms with Crippen LogP contribution in [0.15, 0.2) is 0 Å². The normalized spacial score (nSPS) is 33.0. The number of carbonyl (C=O) groups excluding carboxylic acids is 3. The number of aliphatic hydroxyl groups is 1. The molecule has 2 aliphatic rings. The average molecular weight is 297 g/mol. The second-order valence-electron chi connectivity index (χ2n) is 6.03. The number of imide groups is 1. The minimum atomic E-state index is -0.929. The SMILES string of the molecule is CCC1(C)NC(=O)N(CC(=O)N[C@@H]2CCCC[C@H]2O)C1=O. The molecule has 0 radical (unpaired) electrons. The summed E-state index contributed by atoms with van der Waals surface area (Å²) >= 11 is 0. The van der Waals surface area contributed by atoms with Gasteiger partial charge in [0.25, 0.3) is 5.91 Å². The van der Waals surface area contributed by atoms with Gasteiger partial charge in [-0.1, -0.05) is 19.8 Å². The van der Waals surface area contributed by atoms with Gasteiger partial charge in [-0.3, -0.25) is 14.5 Å². The standard InChI is InChI=1S/C14H23N3O4/c1-3-14(2)12(20)17(13(21)16-14)8-11(19)15-9-6-4-5-7-10(9)18/h9-10,18H,3-8H2,1-2H3,(H,15,19)(H,16,21)/t9-,10-,14?/m1/s1. The lowest BCUT2D eigenvalue weighted by Gasteiger charge is -2.28. The van der Waals surface area contributed by atoms with Crippen LogP contribution in [0.25, 0.3) is 0 Å². The van der Waals surface area contributed by atoms with Crippen LogP contribution < -0.4 is 10.6 Å². The number of aliphatic hydroxyl groups excluding tert-OH is 1. The molecule has 4 amide bonds. The zero-order valence-electron chi connectivity index (χ0n) is 12.5. The molecule has 3 atom stereocenters. The van der Waals surface area contributed by atoms with Crippen molar-refractivity contribution in [1.82, 2.24) is 15.5 Å². The summed E-state index contributed by atoms with van der Waals surface area (Å²) in [6.45, 7) is 3.15. The number of nitrogens with zero attached hydrogens (tertiary/aromatic N) is 1. The molecule has 1 aliphatic heterocycles. The lowest BCUT2D eigenvalue weighted by Crippen LogP contribution is -2.50. The number of hydrogen-bond acceptors (Lipinski definition) is 4. The van der Waals surface area contributed by atoms with Gasteiger partial charge < -0.3 is 15.7 Å². The Bertz CT molecular complexity index is 454. The lowest BCUT2D eigenvalue weighted by molar-refractivity contribution is -0.135. The van der Waals surface area contributed by atoms with Crippen molar-refractivity contribution in [2.75, 3.05) is 6.54 Å². The van der Waals surface area contributed by atoms with Gasteiger partial charge in [0.1, 0.15) is 12.1 Å². The molecule has 0 aromatic rings. The van der Waals surface area contributed by atoms with Crippen LogP contribution in [0.2, 0.25) is 0 Å². The molecule has 7 nitrogen and oxygen atoms in total. The number of amides is 4. The maximum Gasteiger partial charge on any atom is 0.325 e. The Morgan fingerprint density at radius 3 is 2.67 bits per heavy atom. The Labute approximate surface area is 124 Å². The summed E-state index contributed by atoms with van der Waals surface area (Å²) in [7, 11) is 0. The molecule has 0 aromatic heterocycles. The summed E-state index contributed by atoms with van der Waals surface area (Å²) in [6, 6.07) is -0.826. The first kappa shape index (κ1) is 15.8. The van der Waals surface area contributed by atoms with Crippen LogP contribution in [0.5, 0.6) is 0 Å². The first-order chi connectivity index (χ1) is 9.87. The van der Waals surface area contributed by atoms with Crippen molar-refractivity contribution in [3.63, 3.8) is 0 Å². The fraction of sp³-hybridized carbons (Fsp3) is 0.786. The monoisotopic (exact) mass is 297 g/mol. The van der Waals surface area contributed by atoms with Gasteiger partial charge in [0.05, 0.1) is 12.1 Å². The predicted molar refractivity (Wildman–Crippen MR) is 75.3 cm³/mol. The first-order valence-electron chi connectivity index (χ1n) is 7.49. The highest BCUT2D eigenvalue weighted by molar-refractivity contribution is 6.08. The summed E-state index contributed by atoms with van der Waals surface area (Å²) in [5, 5.41) is 15.2. The van der Waals surface area contributed by atoms with E-state index in [4.69, 9.17) is 0 Å². The minimum absolute atomic E-state index is 0.287. The van der Waals surface area contributed by atoms with Gasteiger partial charge in [-0.15, -0.1) is 0 Å². The van der Waals surface area contributed by atoms with Crippen molar-refractivity contribution in [2.45, 2.75) is 63.6 Å². The van der Waals surface area contributed by atoms with Crippen molar-refractivity contribution in [3.05, 3.63) is 0 Å². The molecule has 2 rings (SSSR count). The van der Waals surface area contributed by atoms with Crippen molar-refractivity contribution < 1.29 is 19.5 Å². The summed E-state index contributed by atoms with van der Waals surface area (Å²) in [5.41, 5.74) is -0.929. The maximum atomic E-state index is 12.2. The van der Waals surface area contributed by atoms with Crippen molar-refractivity contribution >= 4 is 17.8 Å². The van der Waals surface area contributed by atoms with Gasteiger partial charge in [-0.05, 0) is 26.2 Å². The average Bonchev–Trinajstić information content (AvgIpc) is 2.66. The topological polar surface area (TPSA) is 98.7 Å². The van der Waals surface area contributed by atoms with Crippen LogP contribution in [-0.4, -0.2) is 52.1 Å². The Morgan fingerprint density at radius 1 is 1.43 bits per heavy atom. The molecule has 1 saturated carbocycles. The second kappa shape index (κ2) is 6.01. The van der Waals surface area contributed by atoms with E-state index in [1.807, 2.05) is 0 Å². The number of nitrogens with one attached hydrogen (secondary N) is 2. The molecule has 0 bridgehead atoms. The molecule has 2 fully saturated rings. The highest BCUT2D eigenvalue weighted by atomic mass is 16.3. The van der Waals surface area contributed by atoms with Crippen molar-refractivity contribution in [1.29, 1.82) is 0 Å². The molecule has 0 aromatic carbocycles. The molecule has 1 aliphatic carbocycles. The van der Waals surface area contributed by atoms with Crippen molar-refractivity contribution in [2.24, 2.45) is 0 Å². The van der Waals surface area contributed by atoms with Crippen molar-refractivity contribution in [3.8, 4) is 0 Å². The number of rotatable bonds is 4. The fourth-order valence-corrected chi connectivity index (χ4v) is 2.81. The molecular weight excluding hydrogens is 274 g/mol. The molecule has 7 heteroatoms. The largest absolute Gasteiger partial charge is 0.391 e. The van der Waals surface area contributed by atoms with E-state index in [1.54, 1.807) is 13.8 Å². The molecule has 1 unspecified atom stereocenters. The van der Waals surface area contributed by atoms with Gasteiger partial charge in [-0.25, -0.2) is 4.79 Å². The second-order valence-corrected chi connectivity index (χ2v) is 6.03. The smallest absolute Gasteiger partial charge is 0.325 e. The minimum Gasteiger partial charge on any atom is -0.391 e. The third-order valence-corrected chi connectivity index (χ3v) is 4.43. The highest BCUT2D eigenvalue weighted by Crippen LogP contribution is 2.21. The van der Waals surface area contributed by atoms with E-state index in [1.165, 1.54) is 0 Å². The van der Waals surface area contributed by atoms with Gasteiger partial charge >= 0.3 is 6.03 Å². The lowest BCUT2D eigenvalue weighted by atomic mass is 9.92. The molecular formula is C14H23N3O4. The molecule has 118 valence electrons. The van der Waals surface area contributed by atoms with E-state index in [0.29, 0.717) is 12.8 Å². The van der Waals surface area contributed by atoms with E-state index in [-0.39, 0.29) is 18.5 Å². The summed E-state index contributed by atoms with van der Waals surface area (Å²) < 4.78 is 0. The van der Waals surface area contributed by atoms with E-state index in [9.17, 15) is 19.5 Å². The van der Waals surface area contributed by atoms with Crippen LogP contribution in [0.4, 0.5) is 4.79 Å². The van der Waals surface area contributed by atoms with E-state index in [2.05, 4.69) is 10.6 Å². The number of urea groups is 1. The van der Waals surface area contributed by atoms with Crippen LogP contribution in [0.1, 0.15) is 46.0 Å². The fourth-order valence-electron chi connectivity index (χ4n) is 2.81. The highest BCUT2D eigenvalue weighted by Gasteiger charge is 2.47. The summed E-state index contributed by atoms with van der Waals surface area (Å²) in [5.74, 6) is -0.792. The molecule has 3 N–H and O–H groups in total. The molecule has 21 heavy (non-hydrogen) atoms. The van der Waals surface area contributed by atoms with Crippen LogP contribution >= 0.6 is 0 Å². The quantitative estimate of drug-likeness (QED) is 0.642. The van der Waals surface area contributed by atoms with Gasteiger partial charge in [0.2, 0.25) is 5.91 Å². The Morgan fingerprint density at radius 2 is 2.10 bits per heavy atom. The Hall–Kier alpha value is -1.63. The molecule has 0 spiro atoms. The van der Waals surface area contributed by atoms with E-state index < -0.39 is 23.6 Å². The van der Waals surface area contributed by atoms with E-state index in [0.717, 1.165) is 24.2 Å². The van der Waals surface area contributed by atoms with Gasteiger partial charge in [-0.2, -0.15) is 0 Å². The van der Waals surface area contributed by atoms with Crippen LogP contribution in [0, 0.1) is 0 Å².